The number of anilines is 2. The van der Waals surface area contributed by atoms with Crippen molar-refractivity contribution in [2.24, 2.45) is 0 Å². The van der Waals surface area contributed by atoms with Gasteiger partial charge in [-0.05, 0) is 33.1 Å². The molecule has 0 saturated heterocycles. The molecule has 0 atom stereocenters. The maximum Gasteiger partial charge on any atom is 0.131 e. The summed E-state index contributed by atoms with van der Waals surface area (Å²) in [6.45, 7) is 2.60. The first-order valence-corrected chi connectivity index (χ1v) is 7.75. The predicted octanol–water partition coefficient (Wildman–Crippen LogP) is 2.46. The van der Waals surface area contributed by atoms with Gasteiger partial charge in [0.1, 0.15) is 23.7 Å². The third-order valence-electron chi connectivity index (χ3n) is 3.41. The maximum atomic E-state index is 5.35. The monoisotopic (exact) mass is 315 g/mol. The number of methoxy groups -OCH3 is 1. The van der Waals surface area contributed by atoms with Gasteiger partial charge in [0.05, 0.1) is 7.11 Å². The average molecular weight is 315 g/mol. The van der Waals surface area contributed by atoms with E-state index in [0.717, 1.165) is 42.5 Å². The van der Waals surface area contributed by atoms with E-state index in [4.69, 9.17) is 4.74 Å². The summed E-state index contributed by atoms with van der Waals surface area (Å²) in [4.78, 5) is 10.7. The Morgan fingerprint density at radius 1 is 1.09 bits per heavy atom. The molecule has 6 heteroatoms. The van der Waals surface area contributed by atoms with Crippen molar-refractivity contribution in [3.63, 3.8) is 0 Å². The first-order chi connectivity index (χ1) is 11.2. The highest BCUT2D eigenvalue weighted by molar-refractivity contribution is 5.47. The second-order valence-electron chi connectivity index (χ2n) is 5.54. The molecule has 0 spiro atoms. The van der Waals surface area contributed by atoms with Crippen LogP contribution in [0.15, 0.2) is 36.7 Å². The van der Waals surface area contributed by atoms with E-state index in [1.165, 1.54) is 0 Å². The van der Waals surface area contributed by atoms with Crippen molar-refractivity contribution in [1.82, 2.24) is 14.9 Å². The summed E-state index contributed by atoms with van der Waals surface area (Å²) in [5.74, 6) is 2.50. The topological polar surface area (TPSA) is 62.3 Å². The Bertz CT molecular complexity index is 603. The van der Waals surface area contributed by atoms with E-state index < -0.39 is 0 Å². The number of benzene rings is 1. The SMILES string of the molecule is COc1ccccc1CNc1cc(NCCCN(C)C)ncn1. The van der Waals surface area contributed by atoms with Crippen molar-refractivity contribution in [1.29, 1.82) is 0 Å². The second-order valence-corrected chi connectivity index (χ2v) is 5.54. The van der Waals surface area contributed by atoms with E-state index >= 15 is 0 Å². The van der Waals surface area contributed by atoms with Crippen LogP contribution in [0.3, 0.4) is 0 Å². The first-order valence-electron chi connectivity index (χ1n) is 7.75. The van der Waals surface area contributed by atoms with Crippen LogP contribution in [0.25, 0.3) is 0 Å². The molecular weight excluding hydrogens is 290 g/mol. The number of aromatic nitrogens is 2. The number of nitrogens with one attached hydrogen (secondary N) is 2. The molecule has 0 bridgehead atoms. The zero-order chi connectivity index (χ0) is 16.5. The maximum absolute atomic E-state index is 5.35. The van der Waals surface area contributed by atoms with Gasteiger partial charge in [-0.25, -0.2) is 9.97 Å². The lowest BCUT2D eigenvalue weighted by atomic mass is 10.2. The molecule has 2 N–H and O–H groups in total. The minimum atomic E-state index is 0.654. The van der Waals surface area contributed by atoms with Crippen molar-refractivity contribution in [2.45, 2.75) is 13.0 Å². The normalized spacial score (nSPS) is 10.6. The molecule has 0 aliphatic carbocycles. The molecule has 2 rings (SSSR count). The highest BCUT2D eigenvalue weighted by atomic mass is 16.5. The van der Waals surface area contributed by atoms with Crippen LogP contribution in [0, 0.1) is 0 Å². The lowest BCUT2D eigenvalue weighted by Crippen LogP contribution is -2.16. The van der Waals surface area contributed by atoms with E-state index in [0.29, 0.717) is 6.54 Å². The van der Waals surface area contributed by atoms with Gasteiger partial charge in [0.25, 0.3) is 0 Å². The lowest BCUT2D eigenvalue weighted by molar-refractivity contribution is 0.405. The molecule has 1 heterocycles. The number of para-hydroxylation sites is 1. The summed E-state index contributed by atoms with van der Waals surface area (Å²) in [7, 11) is 5.83. The van der Waals surface area contributed by atoms with Gasteiger partial charge in [-0.2, -0.15) is 0 Å². The fourth-order valence-corrected chi connectivity index (χ4v) is 2.20. The average Bonchev–Trinajstić information content (AvgIpc) is 2.57. The Morgan fingerprint density at radius 3 is 2.57 bits per heavy atom. The van der Waals surface area contributed by atoms with Crippen molar-refractivity contribution in [3.8, 4) is 5.75 Å². The molecule has 0 saturated carbocycles. The fraction of sp³-hybridized carbons (Fsp3) is 0.412. The van der Waals surface area contributed by atoms with E-state index in [-0.39, 0.29) is 0 Å². The summed E-state index contributed by atoms with van der Waals surface area (Å²) < 4.78 is 5.35. The van der Waals surface area contributed by atoms with Gasteiger partial charge >= 0.3 is 0 Å². The minimum absolute atomic E-state index is 0.654. The third kappa shape index (κ3) is 5.75. The van der Waals surface area contributed by atoms with E-state index in [1.54, 1.807) is 13.4 Å². The zero-order valence-corrected chi connectivity index (χ0v) is 14.0. The number of ether oxygens (including phenoxy) is 1. The fourth-order valence-electron chi connectivity index (χ4n) is 2.20. The molecule has 0 aliphatic heterocycles. The number of rotatable bonds is 9. The molecule has 0 fully saturated rings. The molecule has 0 amide bonds. The van der Waals surface area contributed by atoms with Gasteiger partial charge in [-0.15, -0.1) is 0 Å². The Kier molecular flexibility index (Phi) is 6.62. The number of hydrogen-bond acceptors (Lipinski definition) is 6. The highest BCUT2D eigenvalue weighted by Crippen LogP contribution is 2.18. The molecule has 0 unspecified atom stereocenters. The molecule has 1 aromatic heterocycles. The smallest absolute Gasteiger partial charge is 0.131 e. The van der Waals surface area contributed by atoms with Crippen molar-refractivity contribution >= 4 is 11.6 Å². The van der Waals surface area contributed by atoms with Crippen LogP contribution < -0.4 is 15.4 Å². The molecule has 124 valence electrons. The summed E-state index contributed by atoms with van der Waals surface area (Å²) in [6.07, 6.45) is 2.64. The van der Waals surface area contributed by atoms with Crippen LogP contribution in [-0.4, -0.2) is 49.2 Å². The number of hydrogen-bond donors (Lipinski definition) is 2. The van der Waals surface area contributed by atoms with Crippen LogP contribution in [-0.2, 0) is 6.54 Å². The summed E-state index contributed by atoms with van der Waals surface area (Å²) in [5.41, 5.74) is 1.09. The molecule has 2 aromatic rings. The van der Waals surface area contributed by atoms with Crippen molar-refractivity contribution in [2.75, 3.05) is 44.9 Å². The van der Waals surface area contributed by atoms with Crippen molar-refractivity contribution in [3.05, 3.63) is 42.2 Å². The molecule has 23 heavy (non-hydrogen) atoms. The second kappa shape index (κ2) is 8.95. The standard InChI is InChI=1S/C17H25N5O/c1-22(2)10-6-9-18-16-11-17(21-13-20-16)19-12-14-7-4-5-8-15(14)23-3/h4-5,7-8,11,13H,6,9-10,12H2,1-3H3,(H2,18,19,20,21). The first kappa shape index (κ1) is 17.0. The van der Waals surface area contributed by atoms with Crippen LogP contribution >= 0.6 is 0 Å². The van der Waals surface area contributed by atoms with E-state index in [2.05, 4.69) is 39.6 Å². The Labute approximate surface area is 137 Å². The minimum Gasteiger partial charge on any atom is -0.496 e. The predicted molar refractivity (Wildman–Crippen MR) is 94.0 cm³/mol. The van der Waals surface area contributed by atoms with Gasteiger partial charge in [0, 0.05) is 24.7 Å². The molecular formula is C17H25N5O. The Hall–Kier alpha value is -2.34. The Balaban J connectivity index is 1.87. The highest BCUT2D eigenvalue weighted by Gasteiger charge is 2.03. The van der Waals surface area contributed by atoms with Gasteiger partial charge in [-0.1, -0.05) is 18.2 Å². The van der Waals surface area contributed by atoms with Gasteiger partial charge < -0.3 is 20.3 Å². The van der Waals surface area contributed by atoms with E-state index in [1.807, 2.05) is 30.3 Å². The lowest BCUT2D eigenvalue weighted by Gasteiger charge is -2.12. The van der Waals surface area contributed by atoms with E-state index in [9.17, 15) is 0 Å². The summed E-state index contributed by atoms with van der Waals surface area (Å²) >= 11 is 0. The third-order valence-corrected chi connectivity index (χ3v) is 3.41. The summed E-state index contributed by atoms with van der Waals surface area (Å²) in [6, 6.07) is 9.87. The van der Waals surface area contributed by atoms with Crippen LogP contribution in [0.2, 0.25) is 0 Å². The zero-order valence-electron chi connectivity index (χ0n) is 14.0. The Morgan fingerprint density at radius 2 is 1.83 bits per heavy atom. The molecule has 1 aromatic carbocycles. The van der Waals surface area contributed by atoms with Gasteiger partial charge in [0.2, 0.25) is 0 Å². The van der Waals surface area contributed by atoms with Gasteiger partial charge in [0.15, 0.2) is 0 Å². The van der Waals surface area contributed by atoms with Crippen LogP contribution in [0.4, 0.5) is 11.6 Å². The summed E-state index contributed by atoms with van der Waals surface area (Å²) in [5, 5.41) is 6.62. The molecule has 0 aliphatic rings. The van der Waals surface area contributed by atoms with Crippen LogP contribution in [0.5, 0.6) is 5.75 Å². The molecule has 0 radical (unpaired) electrons. The van der Waals surface area contributed by atoms with Crippen molar-refractivity contribution < 1.29 is 4.74 Å². The number of nitrogens with zero attached hydrogens (tertiary/aromatic N) is 3. The quantitative estimate of drug-likeness (QED) is 0.693. The van der Waals surface area contributed by atoms with Crippen LogP contribution in [0.1, 0.15) is 12.0 Å². The molecule has 6 nitrogen and oxygen atoms in total. The van der Waals surface area contributed by atoms with Gasteiger partial charge in [-0.3, -0.25) is 0 Å². The largest absolute Gasteiger partial charge is 0.496 e.